The smallest absolute Gasteiger partial charge is 0.387 e. The van der Waals surface area contributed by atoms with Crippen molar-refractivity contribution in [3.63, 3.8) is 0 Å². The minimum absolute atomic E-state index is 0.0554. The fourth-order valence-corrected chi connectivity index (χ4v) is 6.03. The molecule has 0 unspecified atom stereocenters. The zero-order valence-electron chi connectivity index (χ0n) is 24.0. The van der Waals surface area contributed by atoms with Gasteiger partial charge in [-0.25, -0.2) is 9.97 Å². The van der Waals surface area contributed by atoms with E-state index in [0.29, 0.717) is 28.9 Å². The molecule has 2 aliphatic rings. The quantitative estimate of drug-likeness (QED) is 0.245. The van der Waals surface area contributed by atoms with Gasteiger partial charge in [0.25, 0.3) is 0 Å². The number of hydrogen-bond donors (Lipinski definition) is 2. The molecule has 2 aliphatic heterocycles. The van der Waals surface area contributed by atoms with Gasteiger partial charge >= 0.3 is 6.61 Å². The van der Waals surface area contributed by atoms with Gasteiger partial charge in [-0.15, -0.1) is 0 Å². The Morgan fingerprint density at radius 2 is 1.86 bits per heavy atom. The molecule has 1 amide bonds. The Morgan fingerprint density at radius 3 is 2.60 bits per heavy atom. The number of aromatic nitrogens is 4. The van der Waals surface area contributed by atoms with E-state index >= 15 is 0 Å². The van der Waals surface area contributed by atoms with Crippen LogP contribution in [0.25, 0.3) is 22.2 Å². The third-order valence-electron chi connectivity index (χ3n) is 8.19. The number of hydrogen-bond acceptors (Lipinski definition) is 8. The van der Waals surface area contributed by atoms with Crippen LogP contribution < -0.4 is 20.3 Å². The molecule has 2 fully saturated rings. The van der Waals surface area contributed by atoms with Gasteiger partial charge in [-0.05, 0) is 63.0 Å². The van der Waals surface area contributed by atoms with E-state index in [0.717, 1.165) is 55.5 Å². The first-order chi connectivity index (χ1) is 20.9. The van der Waals surface area contributed by atoms with Crippen molar-refractivity contribution in [1.29, 1.82) is 0 Å². The second-order valence-electron chi connectivity index (χ2n) is 10.9. The molecule has 4 heterocycles. The first kappa shape index (κ1) is 28.5. The number of rotatable bonds is 9. The maximum absolute atomic E-state index is 13.6. The lowest BCUT2D eigenvalue weighted by atomic mass is 10.0. The van der Waals surface area contributed by atoms with Crippen molar-refractivity contribution in [3.8, 4) is 17.0 Å². The van der Waals surface area contributed by atoms with E-state index in [4.69, 9.17) is 4.74 Å². The SMILES string of the molecule is C=CC(=O)Nc1cc(Nc2cc(-c3ccc4c(cnn4C)c3)ncn2)c(OC(F)F)cc1N1CCC(N2CCCC2)CC1. The summed E-state index contributed by atoms with van der Waals surface area (Å²) >= 11 is 0. The number of aryl methyl sites for hydroxylation is 1. The number of carbonyl (C=O) groups excluding carboxylic acids is 1. The van der Waals surface area contributed by atoms with Gasteiger partial charge in [0, 0.05) is 49.3 Å². The summed E-state index contributed by atoms with van der Waals surface area (Å²) in [6, 6.07) is 11.3. The molecule has 0 aliphatic carbocycles. The van der Waals surface area contributed by atoms with Gasteiger partial charge in [0.1, 0.15) is 12.1 Å². The van der Waals surface area contributed by atoms with E-state index in [1.165, 1.54) is 25.2 Å². The highest BCUT2D eigenvalue weighted by molar-refractivity contribution is 6.02. The summed E-state index contributed by atoms with van der Waals surface area (Å²) in [6.07, 6.45) is 8.72. The molecule has 4 aromatic rings. The van der Waals surface area contributed by atoms with Crippen LogP contribution in [0, 0.1) is 0 Å². The molecule has 12 heteroatoms. The Labute approximate surface area is 248 Å². The second kappa shape index (κ2) is 12.3. The zero-order chi connectivity index (χ0) is 29.9. The molecule has 0 radical (unpaired) electrons. The Balaban J connectivity index is 1.31. The van der Waals surface area contributed by atoms with Crippen LogP contribution in [0.2, 0.25) is 0 Å². The number of halogens is 2. The minimum Gasteiger partial charge on any atom is -0.433 e. The molecule has 2 aromatic heterocycles. The van der Waals surface area contributed by atoms with Crippen LogP contribution in [-0.2, 0) is 11.8 Å². The van der Waals surface area contributed by atoms with Crippen molar-refractivity contribution in [2.24, 2.45) is 7.05 Å². The maximum Gasteiger partial charge on any atom is 0.387 e. The first-order valence-corrected chi connectivity index (χ1v) is 14.4. The summed E-state index contributed by atoms with van der Waals surface area (Å²) < 4.78 is 34.0. The van der Waals surface area contributed by atoms with Crippen molar-refractivity contribution in [1.82, 2.24) is 24.6 Å². The van der Waals surface area contributed by atoms with Crippen LogP contribution in [0.4, 0.5) is 31.7 Å². The molecule has 0 atom stereocenters. The molecule has 2 N–H and O–H groups in total. The fraction of sp³-hybridized carbons (Fsp3) is 0.355. The zero-order valence-corrected chi connectivity index (χ0v) is 24.0. The molecule has 224 valence electrons. The normalized spacial score (nSPS) is 16.1. The van der Waals surface area contributed by atoms with E-state index in [1.54, 1.807) is 29.1 Å². The van der Waals surface area contributed by atoms with Crippen LogP contribution in [0.1, 0.15) is 25.7 Å². The first-order valence-electron chi connectivity index (χ1n) is 14.4. The summed E-state index contributed by atoms with van der Waals surface area (Å²) in [7, 11) is 1.88. The van der Waals surface area contributed by atoms with Crippen LogP contribution in [0.15, 0.2) is 61.6 Å². The van der Waals surface area contributed by atoms with Gasteiger partial charge in [0.05, 0.1) is 34.5 Å². The minimum atomic E-state index is -3.05. The van der Waals surface area contributed by atoms with E-state index in [1.807, 2.05) is 25.2 Å². The maximum atomic E-state index is 13.6. The molecule has 43 heavy (non-hydrogen) atoms. The summed E-state index contributed by atoms with van der Waals surface area (Å²) in [5.74, 6) is -0.0902. The highest BCUT2D eigenvalue weighted by Crippen LogP contribution is 2.41. The molecule has 6 rings (SSSR count). The second-order valence-corrected chi connectivity index (χ2v) is 10.9. The Kier molecular flexibility index (Phi) is 8.19. The molecule has 0 spiro atoms. The lowest BCUT2D eigenvalue weighted by Gasteiger charge is -2.38. The van der Waals surface area contributed by atoms with E-state index in [-0.39, 0.29) is 11.4 Å². The van der Waals surface area contributed by atoms with Gasteiger partial charge in [0.15, 0.2) is 5.75 Å². The standard InChI is InChI=1S/C31H34F2N8O2/c1-3-30(42)38-24-15-25(37-29-16-23(34-19-35-29)20-6-7-26-21(14-20)18-36-39(26)2)28(43-31(32)33)17-27(24)41-12-8-22(9-13-41)40-10-4-5-11-40/h3,6-7,14-19,22,31H,1,4-5,8-13H2,2H3,(H,38,42)(H,34,35,37). The number of amides is 1. The predicted octanol–water partition coefficient (Wildman–Crippen LogP) is 5.56. The summed E-state index contributed by atoms with van der Waals surface area (Å²) in [6.45, 7) is 4.23. The van der Waals surface area contributed by atoms with Crippen LogP contribution >= 0.6 is 0 Å². The lowest BCUT2D eigenvalue weighted by molar-refractivity contribution is -0.111. The average molecular weight is 589 g/mol. The summed E-state index contributed by atoms with van der Waals surface area (Å²) in [5.41, 5.74) is 3.77. The number of alkyl halides is 2. The van der Waals surface area contributed by atoms with Crippen molar-refractivity contribution in [2.75, 3.05) is 41.7 Å². The molecule has 0 saturated carbocycles. The van der Waals surface area contributed by atoms with Gasteiger partial charge < -0.3 is 25.2 Å². The molecular formula is C31H34F2N8O2. The van der Waals surface area contributed by atoms with Gasteiger partial charge in [-0.3, -0.25) is 9.48 Å². The van der Waals surface area contributed by atoms with E-state index in [2.05, 4.69) is 42.1 Å². The van der Waals surface area contributed by atoms with E-state index < -0.39 is 12.5 Å². The van der Waals surface area contributed by atoms with E-state index in [9.17, 15) is 13.6 Å². The number of ether oxygens (including phenoxy) is 1. The predicted molar refractivity (Wildman–Crippen MR) is 163 cm³/mol. The largest absolute Gasteiger partial charge is 0.433 e. The average Bonchev–Trinajstić information content (AvgIpc) is 3.68. The van der Waals surface area contributed by atoms with Crippen molar-refractivity contribution >= 4 is 39.7 Å². The van der Waals surface area contributed by atoms with Gasteiger partial charge in [-0.1, -0.05) is 12.6 Å². The summed E-state index contributed by atoms with van der Waals surface area (Å²) in [5, 5.41) is 11.2. The monoisotopic (exact) mass is 588 g/mol. The number of anilines is 4. The highest BCUT2D eigenvalue weighted by atomic mass is 19.3. The number of carbonyl (C=O) groups is 1. The van der Waals surface area contributed by atoms with Crippen LogP contribution in [0.5, 0.6) is 5.75 Å². The van der Waals surface area contributed by atoms with Crippen molar-refractivity contribution in [3.05, 3.63) is 61.6 Å². The molecular weight excluding hydrogens is 554 g/mol. The lowest BCUT2D eigenvalue weighted by Crippen LogP contribution is -2.44. The molecule has 2 aromatic carbocycles. The van der Waals surface area contributed by atoms with Crippen molar-refractivity contribution in [2.45, 2.75) is 38.3 Å². The third-order valence-corrected chi connectivity index (χ3v) is 8.19. The van der Waals surface area contributed by atoms with Gasteiger partial charge in [0.2, 0.25) is 5.91 Å². The number of piperidine rings is 1. The topological polar surface area (TPSA) is 100 Å². The molecule has 10 nitrogen and oxygen atoms in total. The third kappa shape index (κ3) is 6.29. The number of benzene rings is 2. The van der Waals surface area contributed by atoms with Crippen LogP contribution in [0.3, 0.4) is 0 Å². The summed E-state index contributed by atoms with van der Waals surface area (Å²) in [4.78, 5) is 25.8. The fourth-order valence-electron chi connectivity index (χ4n) is 6.03. The number of nitrogens with one attached hydrogen (secondary N) is 2. The molecule has 0 bridgehead atoms. The van der Waals surface area contributed by atoms with Crippen LogP contribution in [-0.4, -0.2) is 69.4 Å². The Hall–Kier alpha value is -4.58. The number of likely N-dealkylation sites (tertiary alicyclic amines) is 1. The highest BCUT2D eigenvalue weighted by Gasteiger charge is 2.28. The number of nitrogens with zero attached hydrogens (tertiary/aromatic N) is 6. The number of fused-ring (bicyclic) bond motifs is 1. The molecule has 2 saturated heterocycles. The Morgan fingerprint density at radius 1 is 1.07 bits per heavy atom. The van der Waals surface area contributed by atoms with Crippen molar-refractivity contribution < 1.29 is 18.3 Å². The Bertz CT molecular complexity index is 1630. The van der Waals surface area contributed by atoms with Gasteiger partial charge in [-0.2, -0.15) is 13.9 Å².